The van der Waals surface area contributed by atoms with Gasteiger partial charge >= 0.3 is 0 Å². The van der Waals surface area contributed by atoms with Crippen molar-refractivity contribution in [2.45, 2.75) is 45.2 Å². The van der Waals surface area contributed by atoms with Crippen molar-refractivity contribution in [2.24, 2.45) is 5.92 Å². The monoisotopic (exact) mass is 330 g/mol. The van der Waals surface area contributed by atoms with Gasteiger partial charge in [-0.2, -0.15) is 5.26 Å². The van der Waals surface area contributed by atoms with Crippen LogP contribution in [0.4, 0.5) is 0 Å². The highest BCUT2D eigenvalue weighted by atomic mass is 32.2. The lowest BCUT2D eigenvalue weighted by molar-refractivity contribution is -0.124. The van der Waals surface area contributed by atoms with Gasteiger partial charge in [0.05, 0.1) is 18.9 Å². The van der Waals surface area contributed by atoms with Crippen LogP contribution < -0.4 is 10.0 Å². The van der Waals surface area contributed by atoms with Crippen molar-refractivity contribution in [3.8, 4) is 6.07 Å². The fraction of sp³-hybridized carbons (Fsp3) is 0.857. The van der Waals surface area contributed by atoms with E-state index >= 15 is 0 Å². The topological polar surface area (TPSA) is 102 Å². The normalized spacial score (nSPS) is 22.8. The zero-order valence-electron chi connectivity index (χ0n) is 13.7. The van der Waals surface area contributed by atoms with E-state index in [9.17, 15) is 18.5 Å². The summed E-state index contributed by atoms with van der Waals surface area (Å²) in [6.07, 6.45) is 2.74. The molecule has 0 unspecified atom stereocenters. The Balaban J connectivity index is 2.56. The minimum absolute atomic E-state index is 0.00227. The highest BCUT2D eigenvalue weighted by Gasteiger charge is 2.31. The van der Waals surface area contributed by atoms with Crippen LogP contribution in [-0.2, 0) is 14.8 Å². The van der Waals surface area contributed by atoms with E-state index in [4.69, 9.17) is 0 Å². The SMILES string of the molecule is CC(C)[C@@](C)(C#N)NC(=O)CN1CCC[C@H](NS(C)(=O)=O)C1. The summed E-state index contributed by atoms with van der Waals surface area (Å²) in [6.45, 7) is 6.91. The quantitative estimate of drug-likeness (QED) is 0.717. The standard InChI is InChI=1S/C14H26N4O3S/c1-11(2)14(3,10-15)16-13(19)9-18-7-5-6-12(8-18)17-22(4,20)21/h11-12,17H,5-9H2,1-4H3,(H,16,19)/t12-,14+/m0/s1. The third-order valence-corrected chi connectivity index (χ3v) is 4.80. The summed E-state index contributed by atoms with van der Waals surface area (Å²) in [5, 5.41) is 12.0. The number of nitrogens with zero attached hydrogens (tertiary/aromatic N) is 2. The number of rotatable bonds is 6. The first-order valence-electron chi connectivity index (χ1n) is 7.47. The maximum Gasteiger partial charge on any atom is 0.235 e. The third kappa shape index (κ3) is 5.91. The number of carbonyl (C=O) groups is 1. The predicted octanol–water partition coefficient (Wildman–Crippen LogP) is 0.0545. The van der Waals surface area contributed by atoms with Crippen LogP contribution in [0.3, 0.4) is 0 Å². The first-order chi connectivity index (χ1) is 10.1. The van der Waals surface area contributed by atoms with Crippen molar-refractivity contribution < 1.29 is 13.2 Å². The molecule has 0 aromatic rings. The molecule has 8 heteroatoms. The molecular formula is C14H26N4O3S. The lowest BCUT2D eigenvalue weighted by Crippen LogP contribution is -2.54. The number of hydrogen-bond acceptors (Lipinski definition) is 5. The van der Waals surface area contributed by atoms with E-state index in [1.54, 1.807) is 6.92 Å². The van der Waals surface area contributed by atoms with Gasteiger partial charge in [-0.1, -0.05) is 13.8 Å². The molecule has 1 saturated heterocycles. The molecule has 0 radical (unpaired) electrons. The number of likely N-dealkylation sites (tertiary alicyclic amines) is 1. The zero-order chi connectivity index (χ0) is 17.0. The molecule has 1 heterocycles. The molecule has 1 aliphatic heterocycles. The molecule has 22 heavy (non-hydrogen) atoms. The first-order valence-corrected chi connectivity index (χ1v) is 9.37. The number of piperidine rings is 1. The molecule has 0 aromatic carbocycles. The number of nitriles is 1. The van der Waals surface area contributed by atoms with Crippen molar-refractivity contribution >= 4 is 15.9 Å². The molecule has 0 aromatic heterocycles. The second kappa shape index (κ2) is 7.40. The summed E-state index contributed by atoms with van der Waals surface area (Å²) in [6, 6.07) is 1.98. The Morgan fingerprint density at radius 2 is 2.14 bits per heavy atom. The molecule has 0 spiro atoms. The highest BCUT2D eigenvalue weighted by molar-refractivity contribution is 7.88. The van der Waals surface area contributed by atoms with Crippen LogP contribution in [0.2, 0.25) is 0 Å². The van der Waals surface area contributed by atoms with Gasteiger partial charge in [0, 0.05) is 12.6 Å². The zero-order valence-corrected chi connectivity index (χ0v) is 14.5. The number of nitrogens with one attached hydrogen (secondary N) is 2. The minimum Gasteiger partial charge on any atom is -0.337 e. The number of carbonyl (C=O) groups excluding carboxylic acids is 1. The van der Waals surface area contributed by atoms with Gasteiger partial charge in [-0.15, -0.1) is 0 Å². The molecule has 1 rings (SSSR count). The maximum absolute atomic E-state index is 12.1. The molecular weight excluding hydrogens is 304 g/mol. The van der Waals surface area contributed by atoms with Gasteiger partial charge in [0.1, 0.15) is 5.54 Å². The van der Waals surface area contributed by atoms with Crippen LogP contribution in [0, 0.1) is 17.2 Å². The van der Waals surface area contributed by atoms with Gasteiger partial charge in [-0.25, -0.2) is 13.1 Å². The van der Waals surface area contributed by atoms with Crippen molar-refractivity contribution in [3.05, 3.63) is 0 Å². The molecule has 126 valence electrons. The lowest BCUT2D eigenvalue weighted by Gasteiger charge is -2.33. The van der Waals surface area contributed by atoms with Crippen molar-refractivity contribution in [1.82, 2.24) is 14.9 Å². The summed E-state index contributed by atoms with van der Waals surface area (Å²) in [4.78, 5) is 14.1. The molecule has 1 amide bonds. The number of amides is 1. The van der Waals surface area contributed by atoms with Crippen molar-refractivity contribution in [2.75, 3.05) is 25.9 Å². The van der Waals surface area contributed by atoms with E-state index in [1.165, 1.54) is 0 Å². The second-order valence-electron chi connectivity index (χ2n) is 6.48. The summed E-state index contributed by atoms with van der Waals surface area (Å²) in [7, 11) is -3.24. The molecule has 0 bridgehead atoms. The summed E-state index contributed by atoms with van der Waals surface area (Å²) >= 11 is 0. The minimum atomic E-state index is -3.24. The fourth-order valence-electron chi connectivity index (χ4n) is 2.43. The van der Waals surface area contributed by atoms with Gasteiger partial charge in [0.2, 0.25) is 15.9 Å². The van der Waals surface area contributed by atoms with E-state index < -0.39 is 15.6 Å². The Morgan fingerprint density at radius 1 is 1.50 bits per heavy atom. The summed E-state index contributed by atoms with van der Waals surface area (Å²) in [5.74, 6) is -0.208. The van der Waals surface area contributed by atoms with Gasteiger partial charge in [-0.3, -0.25) is 9.69 Å². The van der Waals surface area contributed by atoms with E-state index in [0.29, 0.717) is 6.54 Å². The van der Waals surface area contributed by atoms with Crippen LogP contribution in [-0.4, -0.2) is 56.7 Å². The smallest absolute Gasteiger partial charge is 0.235 e. The average molecular weight is 330 g/mol. The summed E-state index contributed by atoms with van der Waals surface area (Å²) < 4.78 is 25.2. The van der Waals surface area contributed by atoms with E-state index in [0.717, 1.165) is 25.6 Å². The van der Waals surface area contributed by atoms with Crippen molar-refractivity contribution in [1.29, 1.82) is 5.26 Å². The molecule has 7 nitrogen and oxygen atoms in total. The molecule has 1 aliphatic rings. The Bertz CT molecular complexity index is 541. The van der Waals surface area contributed by atoms with Gasteiger partial charge in [0.15, 0.2) is 0 Å². The van der Waals surface area contributed by atoms with Crippen LogP contribution in [0.1, 0.15) is 33.6 Å². The third-order valence-electron chi connectivity index (χ3n) is 4.04. The Hall–Kier alpha value is -1.17. The van der Waals surface area contributed by atoms with E-state index in [1.807, 2.05) is 18.7 Å². The Labute approximate surface area is 133 Å². The average Bonchev–Trinajstić information content (AvgIpc) is 2.36. The van der Waals surface area contributed by atoms with Gasteiger partial charge in [-0.05, 0) is 32.2 Å². The predicted molar refractivity (Wildman–Crippen MR) is 84.4 cm³/mol. The molecule has 1 fully saturated rings. The van der Waals surface area contributed by atoms with Crippen LogP contribution >= 0.6 is 0 Å². The van der Waals surface area contributed by atoms with Gasteiger partial charge in [0.25, 0.3) is 0 Å². The van der Waals surface area contributed by atoms with Crippen LogP contribution in [0.15, 0.2) is 0 Å². The highest BCUT2D eigenvalue weighted by Crippen LogP contribution is 2.15. The van der Waals surface area contributed by atoms with Crippen LogP contribution in [0.25, 0.3) is 0 Å². The largest absolute Gasteiger partial charge is 0.337 e. The van der Waals surface area contributed by atoms with E-state index in [2.05, 4.69) is 16.1 Å². The second-order valence-corrected chi connectivity index (χ2v) is 8.26. The van der Waals surface area contributed by atoms with E-state index in [-0.39, 0.29) is 24.4 Å². The number of sulfonamides is 1. The van der Waals surface area contributed by atoms with Gasteiger partial charge < -0.3 is 5.32 Å². The Kier molecular flexibility index (Phi) is 6.35. The van der Waals surface area contributed by atoms with Crippen molar-refractivity contribution in [3.63, 3.8) is 0 Å². The summed E-state index contributed by atoms with van der Waals surface area (Å²) in [5.41, 5.74) is -0.892. The van der Waals surface area contributed by atoms with Crippen LogP contribution in [0.5, 0.6) is 0 Å². The molecule has 2 atom stereocenters. The fourth-order valence-corrected chi connectivity index (χ4v) is 3.23. The lowest BCUT2D eigenvalue weighted by atomic mass is 9.90. The molecule has 2 N–H and O–H groups in total. The maximum atomic E-state index is 12.1. The first kappa shape index (κ1) is 18.9. The molecule has 0 aliphatic carbocycles. The number of hydrogen-bond donors (Lipinski definition) is 2. The molecule has 0 saturated carbocycles. The Morgan fingerprint density at radius 3 is 2.64 bits per heavy atom.